The molecule has 0 radical (unpaired) electrons. The maximum Gasteiger partial charge on any atom is 0.408 e. The van der Waals surface area contributed by atoms with Crippen molar-refractivity contribution in [1.29, 1.82) is 0 Å². The van der Waals surface area contributed by atoms with Crippen molar-refractivity contribution >= 4 is 12.1 Å². The molecule has 0 aromatic carbocycles. The van der Waals surface area contributed by atoms with Gasteiger partial charge in [0.25, 0.3) is 0 Å². The quantitative estimate of drug-likeness (QED) is 0.790. The summed E-state index contributed by atoms with van der Waals surface area (Å²) in [6, 6.07) is -0.421. The van der Waals surface area contributed by atoms with Crippen LogP contribution in [-0.2, 0) is 19.0 Å². The van der Waals surface area contributed by atoms with Gasteiger partial charge in [0.05, 0.1) is 18.8 Å². The number of alkyl carbamates (subject to hydrolysis) is 1. The number of methoxy groups -OCH3 is 1. The highest BCUT2D eigenvalue weighted by molar-refractivity contribution is 5.72. The van der Waals surface area contributed by atoms with Crippen LogP contribution in [0.5, 0.6) is 0 Å². The Morgan fingerprint density at radius 2 is 2.00 bits per heavy atom. The molecule has 0 spiro atoms. The van der Waals surface area contributed by atoms with Crippen LogP contribution in [0.1, 0.15) is 27.2 Å². The predicted molar refractivity (Wildman–Crippen MR) is 65.9 cm³/mol. The summed E-state index contributed by atoms with van der Waals surface area (Å²) in [6.07, 6.45) is -1.70. The van der Waals surface area contributed by atoms with Crippen LogP contribution in [0.2, 0.25) is 0 Å². The van der Waals surface area contributed by atoms with Crippen molar-refractivity contribution in [3.8, 4) is 0 Å². The second-order valence-electron chi connectivity index (χ2n) is 5.42. The van der Waals surface area contributed by atoms with Crippen molar-refractivity contribution in [1.82, 2.24) is 5.32 Å². The first kappa shape index (κ1) is 15.7. The number of carbonyl (C=O) groups is 2. The van der Waals surface area contributed by atoms with E-state index in [1.54, 1.807) is 20.8 Å². The minimum absolute atomic E-state index is 0.0781. The Morgan fingerprint density at radius 1 is 1.37 bits per heavy atom. The Balaban J connectivity index is 2.54. The van der Waals surface area contributed by atoms with Crippen molar-refractivity contribution in [2.45, 2.75) is 51.0 Å². The largest absolute Gasteiger partial charge is 0.479 e. The highest BCUT2D eigenvalue weighted by Gasteiger charge is 2.36. The van der Waals surface area contributed by atoms with E-state index in [-0.39, 0.29) is 13.0 Å². The van der Waals surface area contributed by atoms with Gasteiger partial charge in [0.15, 0.2) is 6.10 Å². The van der Waals surface area contributed by atoms with E-state index in [1.165, 1.54) is 7.11 Å². The molecular weight excluding hydrogens is 254 g/mol. The lowest BCUT2D eigenvalue weighted by Gasteiger charge is -2.34. The molecule has 1 fully saturated rings. The monoisotopic (exact) mass is 275 g/mol. The van der Waals surface area contributed by atoms with Crippen molar-refractivity contribution in [3.05, 3.63) is 0 Å². The third-order valence-electron chi connectivity index (χ3n) is 2.65. The van der Waals surface area contributed by atoms with E-state index in [4.69, 9.17) is 19.3 Å². The first-order chi connectivity index (χ1) is 8.73. The van der Waals surface area contributed by atoms with Crippen molar-refractivity contribution in [2.75, 3.05) is 13.7 Å². The molecule has 7 nitrogen and oxygen atoms in total. The van der Waals surface area contributed by atoms with E-state index in [2.05, 4.69) is 5.32 Å². The maximum absolute atomic E-state index is 11.6. The second-order valence-corrected chi connectivity index (χ2v) is 5.42. The predicted octanol–water partition coefficient (Wildman–Crippen LogP) is 0.768. The number of hydrogen-bond acceptors (Lipinski definition) is 5. The zero-order chi connectivity index (χ0) is 14.6. The number of amides is 1. The third kappa shape index (κ3) is 5.04. The average Bonchev–Trinajstić information content (AvgIpc) is 2.26. The van der Waals surface area contributed by atoms with Crippen LogP contribution in [0.15, 0.2) is 0 Å². The first-order valence-electron chi connectivity index (χ1n) is 6.09. The molecule has 0 saturated carbocycles. The van der Waals surface area contributed by atoms with Gasteiger partial charge in [0, 0.05) is 13.5 Å². The average molecular weight is 275 g/mol. The van der Waals surface area contributed by atoms with Crippen LogP contribution >= 0.6 is 0 Å². The smallest absolute Gasteiger partial charge is 0.408 e. The summed E-state index contributed by atoms with van der Waals surface area (Å²) in [5.41, 5.74) is -0.591. The van der Waals surface area contributed by atoms with Gasteiger partial charge in [-0.15, -0.1) is 0 Å². The summed E-state index contributed by atoms with van der Waals surface area (Å²) in [5, 5.41) is 11.5. The third-order valence-corrected chi connectivity index (χ3v) is 2.65. The SMILES string of the molecule is COC1CC(C(=O)O)OCC1NC(=O)OC(C)(C)C. The lowest BCUT2D eigenvalue weighted by Crippen LogP contribution is -2.54. The fourth-order valence-electron chi connectivity index (χ4n) is 1.80. The Kier molecular flexibility index (Phi) is 5.13. The van der Waals surface area contributed by atoms with Crippen molar-refractivity contribution in [2.24, 2.45) is 0 Å². The molecule has 1 amide bonds. The summed E-state index contributed by atoms with van der Waals surface area (Å²) in [7, 11) is 1.47. The van der Waals surface area contributed by atoms with Crippen LogP contribution in [-0.4, -0.2) is 54.7 Å². The maximum atomic E-state index is 11.6. The number of ether oxygens (including phenoxy) is 3. The summed E-state index contributed by atoms with van der Waals surface area (Å²) in [6.45, 7) is 5.36. The standard InChI is InChI=1S/C12H21NO6/c1-12(2,3)19-11(16)13-7-6-18-9(10(14)15)5-8(7)17-4/h7-9H,5-6H2,1-4H3,(H,13,16)(H,14,15). The minimum atomic E-state index is -1.03. The number of aliphatic carboxylic acids is 1. The molecule has 110 valence electrons. The molecule has 1 heterocycles. The Morgan fingerprint density at radius 3 is 2.47 bits per heavy atom. The van der Waals surface area contributed by atoms with Crippen LogP contribution in [0.3, 0.4) is 0 Å². The van der Waals surface area contributed by atoms with Gasteiger partial charge in [-0.2, -0.15) is 0 Å². The second kappa shape index (κ2) is 6.21. The number of carbonyl (C=O) groups excluding carboxylic acids is 1. The summed E-state index contributed by atoms with van der Waals surface area (Å²) in [5.74, 6) is -1.03. The molecule has 1 saturated heterocycles. The molecule has 7 heteroatoms. The number of nitrogens with one attached hydrogen (secondary N) is 1. The minimum Gasteiger partial charge on any atom is -0.479 e. The van der Waals surface area contributed by atoms with Crippen LogP contribution in [0, 0.1) is 0 Å². The molecule has 3 unspecified atom stereocenters. The molecule has 0 bridgehead atoms. The van der Waals surface area contributed by atoms with E-state index in [0.717, 1.165) is 0 Å². The van der Waals surface area contributed by atoms with Gasteiger partial charge >= 0.3 is 12.1 Å². The highest BCUT2D eigenvalue weighted by Crippen LogP contribution is 2.18. The van der Waals surface area contributed by atoms with Crippen molar-refractivity contribution < 1.29 is 28.9 Å². The normalized spacial score (nSPS) is 27.7. The summed E-state index contributed by atoms with van der Waals surface area (Å²) in [4.78, 5) is 22.5. The van der Waals surface area contributed by atoms with Gasteiger partial charge in [-0.05, 0) is 20.8 Å². The summed E-state index contributed by atoms with van der Waals surface area (Å²) >= 11 is 0. The Hall–Kier alpha value is -1.34. The van der Waals surface area contributed by atoms with Gasteiger partial charge < -0.3 is 24.6 Å². The lowest BCUT2D eigenvalue weighted by atomic mass is 10.0. The first-order valence-corrected chi connectivity index (χ1v) is 6.09. The lowest BCUT2D eigenvalue weighted by molar-refractivity contribution is -0.160. The van der Waals surface area contributed by atoms with E-state index in [0.29, 0.717) is 0 Å². The topological polar surface area (TPSA) is 94.1 Å². The van der Waals surface area contributed by atoms with E-state index >= 15 is 0 Å². The highest BCUT2D eigenvalue weighted by atomic mass is 16.6. The van der Waals surface area contributed by atoms with Gasteiger partial charge in [0.1, 0.15) is 5.60 Å². The van der Waals surface area contributed by atoms with Gasteiger partial charge in [-0.1, -0.05) is 0 Å². The van der Waals surface area contributed by atoms with E-state index < -0.39 is 35.9 Å². The molecule has 1 aliphatic rings. The number of hydrogen-bond donors (Lipinski definition) is 2. The van der Waals surface area contributed by atoms with E-state index in [1.807, 2.05) is 0 Å². The molecule has 19 heavy (non-hydrogen) atoms. The Bertz CT molecular complexity index is 338. The molecule has 1 aliphatic heterocycles. The number of carboxylic acids is 1. The molecule has 1 rings (SSSR count). The van der Waals surface area contributed by atoms with Crippen molar-refractivity contribution in [3.63, 3.8) is 0 Å². The molecule has 3 atom stereocenters. The number of carboxylic acid groups (broad SMARTS) is 1. The zero-order valence-electron chi connectivity index (χ0n) is 11.6. The van der Waals surface area contributed by atoms with E-state index in [9.17, 15) is 9.59 Å². The fourth-order valence-corrected chi connectivity index (χ4v) is 1.80. The van der Waals surface area contributed by atoms with Crippen LogP contribution in [0.25, 0.3) is 0 Å². The van der Waals surface area contributed by atoms with Gasteiger partial charge in [-0.25, -0.2) is 9.59 Å². The molecule has 0 aromatic heterocycles. The van der Waals surface area contributed by atoms with Crippen LogP contribution in [0.4, 0.5) is 4.79 Å². The fraction of sp³-hybridized carbons (Fsp3) is 0.833. The summed E-state index contributed by atoms with van der Waals surface area (Å²) < 4.78 is 15.5. The number of rotatable bonds is 3. The molecule has 2 N–H and O–H groups in total. The molecule has 0 aromatic rings. The van der Waals surface area contributed by atoms with Gasteiger partial charge in [0.2, 0.25) is 0 Å². The Labute approximate surface area is 112 Å². The molecular formula is C12H21NO6. The molecule has 0 aliphatic carbocycles. The van der Waals surface area contributed by atoms with Gasteiger partial charge in [-0.3, -0.25) is 0 Å². The zero-order valence-corrected chi connectivity index (χ0v) is 11.6. The van der Waals surface area contributed by atoms with Crippen LogP contribution < -0.4 is 5.32 Å².